The minimum atomic E-state index is 0. The molecule has 0 spiro atoms. The van der Waals surface area contributed by atoms with Crippen molar-refractivity contribution in [1.82, 2.24) is 0 Å². The molecule has 2 aliphatic rings. The number of Topliss-reactive ketones (excluding diaryl/α,β-unsaturated/α-hetero) is 1. The van der Waals surface area contributed by atoms with Gasteiger partial charge in [-0.15, -0.1) is 12.4 Å². The number of fused-ring (bicyclic) bond motifs is 3. The van der Waals surface area contributed by atoms with Crippen LogP contribution in [0.15, 0.2) is 53.5 Å². The van der Waals surface area contributed by atoms with Crippen molar-refractivity contribution < 1.29 is 9.53 Å². The van der Waals surface area contributed by atoms with Crippen molar-refractivity contribution in [2.45, 2.75) is 6.42 Å². The van der Waals surface area contributed by atoms with Crippen molar-refractivity contribution in [3.05, 3.63) is 54.1 Å². The predicted molar refractivity (Wildman–Crippen MR) is 103 cm³/mol. The van der Waals surface area contributed by atoms with E-state index >= 15 is 0 Å². The van der Waals surface area contributed by atoms with E-state index in [0.29, 0.717) is 12.1 Å². The first kappa shape index (κ1) is 17.3. The molecule has 0 atom stereocenters. The molecule has 0 amide bonds. The molecule has 0 saturated carbocycles. The Morgan fingerprint density at radius 2 is 1.84 bits per heavy atom. The van der Waals surface area contributed by atoms with Gasteiger partial charge in [-0.25, -0.2) is 0 Å². The van der Waals surface area contributed by atoms with Gasteiger partial charge in [0.1, 0.15) is 5.75 Å². The van der Waals surface area contributed by atoms with Crippen LogP contribution in [0.3, 0.4) is 0 Å². The molecular formula is C19H20ClN3O2. The van der Waals surface area contributed by atoms with E-state index in [1.54, 1.807) is 7.11 Å². The van der Waals surface area contributed by atoms with Crippen LogP contribution in [0.2, 0.25) is 0 Å². The summed E-state index contributed by atoms with van der Waals surface area (Å²) in [5.74, 6) is 1.72. The number of hydrogen-bond acceptors (Lipinski definition) is 5. The van der Waals surface area contributed by atoms with Gasteiger partial charge in [0.2, 0.25) is 5.96 Å². The number of aliphatic imine (C=N–C) groups is 1. The maximum absolute atomic E-state index is 12.7. The lowest BCUT2D eigenvalue weighted by Crippen LogP contribution is -2.43. The summed E-state index contributed by atoms with van der Waals surface area (Å²) in [5, 5.41) is 0. The molecule has 2 aromatic carbocycles. The number of guanidine groups is 1. The number of methoxy groups -OCH3 is 1. The van der Waals surface area contributed by atoms with Crippen LogP contribution in [0.4, 0.5) is 11.4 Å². The third kappa shape index (κ3) is 3.07. The maximum atomic E-state index is 12.7. The van der Waals surface area contributed by atoms with Gasteiger partial charge in [-0.1, -0.05) is 12.1 Å². The number of nitrogens with zero attached hydrogens (tertiary/aromatic N) is 3. The van der Waals surface area contributed by atoms with Gasteiger partial charge in [0.15, 0.2) is 5.78 Å². The summed E-state index contributed by atoms with van der Waals surface area (Å²) in [6.07, 6.45) is 1.04. The minimum absolute atomic E-state index is 0. The quantitative estimate of drug-likeness (QED) is 0.787. The number of carbonyl (C=O) groups is 1. The molecule has 0 bridgehead atoms. The zero-order valence-electron chi connectivity index (χ0n) is 14.0. The van der Waals surface area contributed by atoms with Crippen LogP contribution in [0.25, 0.3) is 0 Å². The molecule has 130 valence electrons. The summed E-state index contributed by atoms with van der Waals surface area (Å²) in [6.45, 7) is 2.05. The van der Waals surface area contributed by atoms with Gasteiger partial charge in [-0.2, -0.15) is 0 Å². The summed E-state index contributed by atoms with van der Waals surface area (Å²) < 4.78 is 5.15. The van der Waals surface area contributed by atoms with Gasteiger partial charge in [-0.05, 0) is 42.8 Å². The zero-order valence-corrected chi connectivity index (χ0v) is 14.8. The topological polar surface area (TPSA) is 45.1 Å². The summed E-state index contributed by atoms with van der Waals surface area (Å²) in [7, 11) is 1.62. The van der Waals surface area contributed by atoms with Crippen molar-refractivity contribution >= 4 is 35.5 Å². The van der Waals surface area contributed by atoms with E-state index in [-0.39, 0.29) is 18.2 Å². The highest BCUT2D eigenvalue weighted by Gasteiger charge is 2.34. The number of ketones is 1. The lowest BCUT2D eigenvalue weighted by atomic mass is 10.1. The van der Waals surface area contributed by atoms with E-state index in [2.05, 4.69) is 22.0 Å². The van der Waals surface area contributed by atoms with E-state index in [0.717, 1.165) is 42.6 Å². The third-order valence-corrected chi connectivity index (χ3v) is 4.45. The molecule has 4 rings (SSSR count). The fourth-order valence-corrected chi connectivity index (χ4v) is 3.25. The summed E-state index contributed by atoms with van der Waals surface area (Å²) in [5.41, 5.74) is 2.88. The second kappa shape index (κ2) is 7.15. The predicted octanol–water partition coefficient (Wildman–Crippen LogP) is 3.39. The van der Waals surface area contributed by atoms with Crippen LogP contribution in [0, 0.1) is 0 Å². The maximum Gasteiger partial charge on any atom is 0.206 e. The Hall–Kier alpha value is -2.53. The number of para-hydroxylation sites is 2. The fourth-order valence-electron chi connectivity index (χ4n) is 3.25. The molecule has 5 nitrogen and oxygen atoms in total. The first-order valence-electron chi connectivity index (χ1n) is 8.14. The van der Waals surface area contributed by atoms with E-state index in [1.807, 2.05) is 41.3 Å². The fraction of sp³-hybridized carbons (Fsp3) is 0.263. The van der Waals surface area contributed by atoms with E-state index in [9.17, 15) is 4.79 Å². The highest BCUT2D eigenvalue weighted by Crippen LogP contribution is 2.38. The summed E-state index contributed by atoms with van der Waals surface area (Å²) >= 11 is 0. The Labute approximate surface area is 153 Å². The van der Waals surface area contributed by atoms with Gasteiger partial charge in [0.25, 0.3) is 0 Å². The first-order chi connectivity index (χ1) is 11.8. The van der Waals surface area contributed by atoms with Gasteiger partial charge < -0.3 is 14.5 Å². The number of hydrogen-bond donors (Lipinski definition) is 0. The van der Waals surface area contributed by atoms with E-state index in [4.69, 9.17) is 4.74 Å². The van der Waals surface area contributed by atoms with Gasteiger partial charge >= 0.3 is 0 Å². The van der Waals surface area contributed by atoms with Crippen LogP contribution in [-0.4, -0.2) is 38.5 Å². The van der Waals surface area contributed by atoms with Gasteiger partial charge in [0.05, 0.1) is 25.0 Å². The molecule has 2 heterocycles. The normalized spacial score (nSPS) is 15.0. The molecular weight excluding hydrogens is 338 g/mol. The average molecular weight is 358 g/mol. The third-order valence-electron chi connectivity index (χ3n) is 4.45. The zero-order chi connectivity index (χ0) is 16.5. The first-order valence-corrected chi connectivity index (χ1v) is 8.14. The number of rotatable bonds is 4. The molecule has 25 heavy (non-hydrogen) atoms. The highest BCUT2D eigenvalue weighted by molar-refractivity contribution is 6.19. The average Bonchev–Trinajstić information content (AvgIpc) is 2.96. The molecule has 0 unspecified atom stereocenters. The molecule has 0 N–H and O–H groups in total. The van der Waals surface area contributed by atoms with E-state index in [1.165, 1.54) is 0 Å². The van der Waals surface area contributed by atoms with Crippen LogP contribution in [-0.2, 0) is 0 Å². The van der Waals surface area contributed by atoms with Crippen LogP contribution in [0.5, 0.6) is 5.75 Å². The van der Waals surface area contributed by atoms with Crippen LogP contribution < -0.4 is 14.5 Å². The summed E-state index contributed by atoms with van der Waals surface area (Å²) in [4.78, 5) is 21.6. The number of ether oxygens (including phenoxy) is 1. The standard InChI is InChI=1S/C19H19N3O2.ClH/c1-24-15-9-7-14(8-10-15)18(23)13-22-17-6-3-2-5-16(17)21-12-4-11-20-19(21)22;/h2-3,5-10H,4,11-13H2,1H3;1H. The molecule has 0 radical (unpaired) electrons. The molecule has 0 saturated heterocycles. The van der Waals surface area contributed by atoms with Crippen molar-refractivity contribution in [1.29, 1.82) is 0 Å². The number of halogens is 1. The molecule has 0 aliphatic carbocycles. The number of benzene rings is 2. The second-order valence-corrected chi connectivity index (χ2v) is 5.91. The second-order valence-electron chi connectivity index (χ2n) is 5.91. The number of carbonyl (C=O) groups excluding carboxylic acids is 1. The summed E-state index contributed by atoms with van der Waals surface area (Å²) in [6, 6.07) is 15.4. The Balaban J connectivity index is 0.00000182. The molecule has 2 aliphatic heterocycles. The Morgan fingerprint density at radius 1 is 1.12 bits per heavy atom. The van der Waals surface area contributed by atoms with Crippen molar-refractivity contribution in [3.63, 3.8) is 0 Å². The van der Waals surface area contributed by atoms with Crippen LogP contribution >= 0.6 is 12.4 Å². The van der Waals surface area contributed by atoms with Crippen molar-refractivity contribution in [2.24, 2.45) is 4.99 Å². The molecule has 6 heteroatoms. The van der Waals surface area contributed by atoms with Gasteiger partial charge in [-0.3, -0.25) is 9.79 Å². The molecule has 2 aromatic rings. The highest BCUT2D eigenvalue weighted by atomic mass is 35.5. The monoisotopic (exact) mass is 357 g/mol. The van der Waals surface area contributed by atoms with Crippen LogP contribution in [0.1, 0.15) is 16.8 Å². The smallest absolute Gasteiger partial charge is 0.206 e. The Morgan fingerprint density at radius 3 is 2.56 bits per heavy atom. The Bertz CT molecular complexity index is 805. The largest absolute Gasteiger partial charge is 0.497 e. The molecule has 0 fully saturated rings. The SMILES string of the molecule is COc1ccc(C(=O)CN2C3=NCCCN3c3ccccc32)cc1.Cl. The van der Waals surface area contributed by atoms with Gasteiger partial charge in [0, 0.05) is 18.7 Å². The molecule has 0 aromatic heterocycles. The van der Waals surface area contributed by atoms with Crippen molar-refractivity contribution in [3.8, 4) is 5.75 Å². The lowest BCUT2D eigenvalue weighted by Gasteiger charge is -2.26. The number of anilines is 2. The van der Waals surface area contributed by atoms with E-state index < -0.39 is 0 Å². The lowest BCUT2D eigenvalue weighted by molar-refractivity contribution is 0.100. The van der Waals surface area contributed by atoms with Crippen molar-refractivity contribution in [2.75, 3.05) is 36.5 Å². The minimum Gasteiger partial charge on any atom is -0.497 e. The Kier molecular flexibility index (Phi) is 4.95.